The van der Waals surface area contributed by atoms with Crippen molar-refractivity contribution >= 4 is 0 Å². The van der Waals surface area contributed by atoms with Crippen LogP contribution in [0.3, 0.4) is 0 Å². The van der Waals surface area contributed by atoms with Crippen LogP contribution < -0.4 is 0 Å². The number of nitriles is 1. The van der Waals surface area contributed by atoms with Gasteiger partial charge in [0.2, 0.25) is 0 Å². The maximum absolute atomic E-state index is 7.32. The molecule has 1 N–H and O–H groups in total. The maximum atomic E-state index is 7.32. The van der Waals surface area contributed by atoms with E-state index in [1.807, 2.05) is 0 Å². The highest BCUT2D eigenvalue weighted by Gasteiger charge is 2.07. The minimum Gasteiger partial charge on any atom is -0.400 e. The van der Waals surface area contributed by atoms with E-state index in [1.54, 1.807) is 6.07 Å². The van der Waals surface area contributed by atoms with Crippen LogP contribution in [0.15, 0.2) is 0 Å². The predicted octanol–water partition coefficient (Wildman–Crippen LogP) is 1.32. The van der Waals surface area contributed by atoms with Gasteiger partial charge in [-0.15, -0.1) is 0 Å². The lowest BCUT2D eigenvalue weighted by Gasteiger charge is -1.94. The summed E-state index contributed by atoms with van der Waals surface area (Å²) in [7, 11) is 1.00. The third-order valence-corrected chi connectivity index (χ3v) is 1.16. The average Bonchev–Trinajstić information content (AvgIpc) is 2.46. The zero-order valence-electron chi connectivity index (χ0n) is 7.50. The molecule has 1 atom stereocenters. The molecule has 0 aromatic heterocycles. The molecule has 1 aliphatic heterocycles. The van der Waals surface area contributed by atoms with E-state index in [-0.39, 0.29) is 0 Å². The lowest BCUT2D eigenvalue weighted by atomic mass is 10.3. The lowest BCUT2D eigenvalue weighted by molar-refractivity contribution is 0.125. The summed E-state index contributed by atoms with van der Waals surface area (Å²) in [6, 6.07) is 1.75. The molecule has 1 rings (SSSR count). The van der Waals surface area contributed by atoms with Crippen LogP contribution in [0.1, 0.15) is 26.7 Å². The summed E-state index contributed by atoms with van der Waals surface area (Å²) in [5, 5.41) is 14.3. The van der Waals surface area contributed by atoms with Gasteiger partial charge in [0.15, 0.2) is 0 Å². The molecule has 11 heavy (non-hydrogen) atoms. The summed E-state index contributed by atoms with van der Waals surface area (Å²) in [5.41, 5.74) is 0. The molecule has 1 fully saturated rings. The number of ether oxygens (including phenoxy) is 1. The van der Waals surface area contributed by atoms with Gasteiger partial charge in [-0.3, -0.25) is 0 Å². The molecular formula is C8H17NO2. The Balaban J connectivity index is 0. The van der Waals surface area contributed by atoms with Crippen LogP contribution in [0.2, 0.25) is 0 Å². The molecule has 3 nitrogen and oxygen atoms in total. The fraction of sp³-hybridized carbons (Fsp3) is 0.875. The van der Waals surface area contributed by atoms with Gasteiger partial charge in [0.25, 0.3) is 0 Å². The van der Waals surface area contributed by atoms with Gasteiger partial charge in [0.1, 0.15) is 0 Å². The second kappa shape index (κ2) is 12.1. The Morgan fingerprint density at radius 1 is 1.55 bits per heavy atom. The highest BCUT2D eigenvalue weighted by molar-refractivity contribution is 4.56. The molecule has 0 aromatic rings. The van der Waals surface area contributed by atoms with Crippen molar-refractivity contribution in [1.82, 2.24) is 0 Å². The molecule has 0 aromatic carbocycles. The molecule has 1 saturated heterocycles. The number of aliphatic hydroxyl groups is 1. The van der Waals surface area contributed by atoms with Gasteiger partial charge in [0, 0.05) is 20.6 Å². The van der Waals surface area contributed by atoms with Gasteiger partial charge in [0.05, 0.1) is 12.2 Å². The topological polar surface area (TPSA) is 53.2 Å². The third-order valence-electron chi connectivity index (χ3n) is 1.16. The molecule has 0 amide bonds. The molecule has 0 saturated carbocycles. The van der Waals surface area contributed by atoms with Gasteiger partial charge in [-0.05, 0) is 19.8 Å². The van der Waals surface area contributed by atoms with Gasteiger partial charge >= 0.3 is 0 Å². The van der Waals surface area contributed by atoms with E-state index in [9.17, 15) is 0 Å². The van der Waals surface area contributed by atoms with Crippen molar-refractivity contribution in [2.75, 3.05) is 13.7 Å². The quantitative estimate of drug-likeness (QED) is 0.580. The molecule has 0 bridgehead atoms. The van der Waals surface area contributed by atoms with E-state index in [4.69, 9.17) is 15.1 Å². The zero-order valence-corrected chi connectivity index (χ0v) is 7.50. The summed E-state index contributed by atoms with van der Waals surface area (Å²) in [4.78, 5) is 0. The SMILES string of the molecule is CC#N.CC1CCCO1.CO. The summed E-state index contributed by atoms with van der Waals surface area (Å²) < 4.78 is 5.15. The van der Waals surface area contributed by atoms with E-state index < -0.39 is 0 Å². The molecule has 66 valence electrons. The lowest BCUT2D eigenvalue weighted by Crippen LogP contribution is -1.94. The van der Waals surface area contributed by atoms with Crippen LogP contribution in [0.5, 0.6) is 0 Å². The van der Waals surface area contributed by atoms with Crippen LogP contribution in [0.25, 0.3) is 0 Å². The van der Waals surface area contributed by atoms with Crippen LogP contribution in [-0.4, -0.2) is 24.9 Å². The second-order valence-electron chi connectivity index (χ2n) is 2.05. The first-order chi connectivity index (χ1) is 5.31. The van der Waals surface area contributed by atoms with Crippen molar-refractivity contribution in [2.24, 2.45) is 0 Å². The first-order valence-corrected chi connectivity index (χ1v) is 3.68. The minimum atomic E-state index is 0.546. The van der Waals surface area contributed by atoms with E-state index in [0.29, 0.717) is 6.10 Å². The van der Waals surface area contributed by atoms with Crippen molar-refractivity contribution in [3.05, 3.63) is 0 Å². The molecule has 0 spiro atoms. The number of nitrogens with zero attached hydrogens (tertiary/aromatic N) is 1. The highest BCUT2D eigenvalue weighted by atomic mass is 16.5. The fourth-order valence-electron chi connectivity index (χ4n) is 0.739. The normalized spacial score (nSPS) is 20.1. The Labute approximate surface area is 68.6 Å². The van der Waals surface area contributed by atoms with E-state index in [1.165, 1.54) is 19.8 Å². The molecule has 3 heteroatoms. The Morgan fingerprint density at radius 3 is 2.09 bits per heavy atom. The molecule has 1 heterocycles. The summed E-state index contributed by atoms with van der Waals surface area (Å²) in [6.07, 6.45) is 3.08. The number of hydrogen-bond acceptors (Lipinski definition) is 3. The standard InChI is InChI=1S/C5H10O.C2H3N.CH4O/c1-5-3-2-4-6-5;1-2-3;1-2/h5H,2-4H2,1H3;1H3;2H,1H3. The highest BCUT2D eigenvalue weighted by Crippen LogP contribution is 2.09. The van der Waals surface area contributed by atoms with Crippen molar-refractivity contribution in [3.8, 4) is 6.07 Å². The van der Waals surface area contributed by atoms with Crippen LogP contribution in [-0.2, 0) is 4.74 Å². The molecular weight excluding hydrogens is 142 g/mol. The third kappa shape index (κ3) is 12.6. The maximum Gasteiger partial charge on any atom is 0.0587 e. The number of hydrogen-bond donors (Lipinski definition) is 1. The fourth-order valence-corrected chi connectivity index (χ4v) is 0.739. The van der Waals surface area contributed by atoms with Gasteiger partial charge in [-0.2, -0.15) is 5.26 Å². The Kier molecular flexibility index (Phi) is 14.4. The first kappa shape index (κ1) is 13.0. The van der Waals surface area contributed by atoms with Crippen molar-refractivity contribution in [1.29, 1.82) is 5.26 Å². The second-order valence-corrected chi connectivity index (χ2v) is 2.05. The van der Waals surface area contributed by atoms with Crippen molar-refractivity contribution in [3.63, 3.8) is 0 Å². The van der Waals surface area contributed by atoms with Crippen molar-refractivity contribution < 1.29 is 9.84 Å². The first-order valence-electron chi connectivity index (χ1n) is 3.68. The number of rotatable bonds is 0. The average molecular weight is 159 g/mol. The molecule has 0 aliphatic carbocycles. The molecule has 1 aliphatic rings. The summed E-state index contributed by atoms with van der Waals surface area (Å²) in [5.74, 6) is 0. The van der Waals surface area contributed by atoms with E-state index in [2.05, 4.69) is 6.92 Å². The van der Waals surface area contributed by atoms with Crippen molar-refractivity contribution in [2.45, 2.75) is 32.8 Å². The van der Waals surface area contributed by atoms with E-state index >= 15 is 0 Å². The predicted molar refractivity (Wildman–Crippen MR) is 44.1 cm³/mol. The van der Waals surface area contributed by atoms with Gasteiger partial charge < -0.3 is 9.84 Å². The molecule has 0 radical (unpaired) electrons. The van der Waals surface area contributed by atoms with Crippen LogP contribution in [0.4, 0.5) is 0 Å². The molecule has 1 unspecified atom stereocenters. The van der Waals surface area contributed by atoms with Crippen LogP contribution in [0, 0.1) is 11.3 Å². The number of aliphatic hydroxyl groups excluding tert-OH is 1. The summed E-state index contributed by atoms with van der Waals surface area (Å²) in [6.45, 7) is 4.54. The van der Waals surface area contributed by atoms with Gasteiger partial charge in [-0.25, -0.2) is 0 Å². The smallest absolute Gasteiger partial charge is 0.0587 e. The monoisotopic (exact) mass is 159 g/mol. The Hall–Kier alpha value is -0.590. The minimum absolute atomic E-state index is 0.546. The van der Waals surface area contributed by atoms with E-state index in [0.717, 1.165) is 13.7 Å². The summed E-state index contributed by atoms with van der Waals surface area (Å²) >= 11 is 0. The Morgan fingerprint density at radius 2 is 2.00 bits per heavy atom. The van der Waals surface area contributed by atoms with Crippen LogP contribution >= 0.6 is 0 Å². The van der Waals surface area contributed by atoms with Gasteiger partial charge in [-0.1, -0.05) is 0 Å². The Bertz CT molecular complexity index is 92.8. The zero-order chi connectivity index (χ0) is 9.11. The largest absolute Gasteiger partial charge is 0.400 e.